The largest absolute Gasteiger partial charge is 0.387 e. The molecule has 1 unspecified atom stereocenters. The second-order valence-corrected chi connectivity index (χ2v) is 3.67. The summed E-state index contributed by atoms with van der Waals surface area (Å²) in [6, 6.07) is 0. The molecule has 0 radical (unpaired) electrons. The number of carbonyl (C=O) groups is 1. The highest BCUT2D eigenvalue weighted by molar-refractivity contribution is 5.82. The number of aldehydes is 1. The zero-order valence-electron chi connectivity index (χ0n) is 9.90. The Balaban J connectivity index is 3.40. The van der Waals surface area contributed by atoms with E-state index in [9.17, 15) is 9.90 Å². The van der Waals surface area contributed by atoms with Crippen molar-refractivity contribution < 1.29 is 9.90 Å². The van der Waals surface area contributed by atoms with E-state index in [0.29, 0.717) is 11.3 Å². The first-order chi connectivity index (χ1) is 7.56. The second kappa shape index (κ2) is 4.94. The van der Waals surface area contributed by atoms with Crippen LogP contribution < -0.4 is 0 Å². The predicted molar refractivity (Wildman–Crippen MR) is 64.3 cm³/mol. The molecule has 0 aromatic carbocycles. The minimum atomic E-state index is -0.642. The van der Waals surface area contributed by atoms with Crippen molar-refractivity contribution >= 4 is 6.29 Å². The molecule has 16 heavy (non-hydrogen) atoms. The van der Waals surface area contributed by atoms with Gasteiger partial charge in [-0.1, -0.05) is 12.7 Å². The molecule has 0 fully saturated rings. The van der Waals surface area contributed by atoms with Crippen LogP contribution in [-0.4, -0.2) is 22.4 Å². The minimum absolute atomic E-state index is 0.599. The average molecular weight is 219 g/mol. The third kappa shape index (κ3) is 1.99. The summed E-state index contributed by atoms with van der Waals surface area (Å²) in [7, 11) is 0. The van der Waals surface area contributed by atoms with Gasteiger partial charge in [0.1, 0.15) is 6.29 Å². The van der Waals surface area contributed by atoms with E-state index >= 15 is 0 Å². The standard InChI is InChI=1S/C13H17NO2/c1-5-12-7-11(8-15)9(3)13(10(4)16)14(12)6-2/h5-8,10,16H,2H2,1,3-4H3/b12-5-. The summed E-state index contributed by atoms with van der Waals surface area (Å²) in [6.45, 7) is 9.10. The summed E-state index contributed by atoms with van der Waals surface area (Å²) < 4.78 is 0. The molecule has 1 heterocycles. The quantitative estimate of drug-likeness (QED) is 0.739. The smallest absolute Gasteiger partial charge is 0.150 e. The van der Waals surface area contributed by atoms with Crippen LogP contribution in [0.5, 0.6) is 0 Å². The molecule has 0 aliphatic carbocycles. The summed E-state index contributed by atoms with van der Waals surface area (Å²) >= 11 is 0. The van der Waals surface area contributed by atoms with E-state index in [1.807, 2.05) is 19.9 Å². The van der Waals surface area contributed by atoms with Crippen LogP contribution in [0.1, 0.15) is 20.8 Å². The Morgan fingerprint density at radius 3 is 2.56 bits per heavy atom. The number of hydrogen-bond donors (Lipinski definition) is 1. The summed E-state index contributed by atoms with van der Waals surface area (Å²) in [6.07, 6.45) is 5.47. The summed E-state index contributed by atoms with van der Waals surface area (Å²) in [5.41, 5.74) is 2.93. The van der Waals surface area contributed by atoms with E-state index in [1.165, 1.54) is 0 Å². The Bertz CT molecular complexity index is 400. The van der Waals surface area contributed by atoms with Crippen molar-refractivity contribution in [3.63, 3.8) is 0 Å². The van der Waals surface area contributed by atoms with Crippen molar-refractivity contribution in [3.05, 3.63) is 47.5 Å². The van der Waals surface area contributed by atoms with Crippen LogP contribution in [0.2, 0.25) is 0 Å². The zero-order valence-corrected chi connectivity index (χ0v) is 9.90. The molecule has 3 nitrogen and oxygen atoms in total. The maximum atomic E-state index is 10.9. The first-order valence-electron chi connectivity index (χ1n) is 5.21. The third-order valence-corrected chi connectivity index (χ3v) is 2.66. The highest BCUT2D eigenvalue weighted by Gasteiger charge is 2.23. The van der Waals surface area contributed by atoms with Crippen LogP contribution in [0.3, 0.4) is 0 Å². The van der Waals surface area contributed by atoms with Gasteiger partial charge >= 0.3 is 0 Å². The number of hydrogen-bond acceptors (Lipinski definition) is 3. The molecule has 1 aliphatic heterocycles. The molecule has 1 rings (SSSR count). The Morgan fingerprint density at radius 1 is 1.56 bits per heavy atom. The van der Waals surface area contributed by atoms with Gasteiger partial charge in [0.15, 0.2) is 0 Å². The predicted octanol–water partition coefficient (Wildman–Crippen LogP) is 2.13. The van der Waals surface area contributed by atoms with E-state index in [2.05, 4.69) is 6.58 Å². The van der Waals surface area contributed by atoms with Gasteiger partial charge in [-0.3, -0.25) is 4.79 Å². The fourth-order valence-corrected chi connectivity index (χ4v) is 1.87. The van der Waals surface area contributed by atoms with Crippen molar-refractivity contribution in [1.82, 2.24) is 4.90 Å². The summed E-state index contributed by atoms with van der Waals surface area (Å²) in [5.74, 6) is 0. The van der Waals surface area contributed by atoms with Gasteiger partial charge in [-0.05, 0) is 32.4 Å². The van der Waals surface area contributed by atoms with Crippen LogP contribution in [-0.2, 0) is 4.79 Å². The maximum Gasteiger partial charge on any atom is 0.150 e. The van der Waals surface area contributed by atoms with Gasteiger partial charge in [0.25, 0.3) is 0 Å². The van der Waals surface area contributed by atoms with Crippen LogP contribution in [0.15, 0.2) is 47.5 Å². The van der Waals surface area contributed by atoms with Crippen LogP contribution in [0.25, 0.3) is 0 Å². The molecule has 0 aromatic heterocycles. The van der Waals surface area contributed by atoms with Crippen LogP contribution in [0.4, 0.5) is 0 Å². The van der Waals surface area contributed by atoms with Gasteiger partial charge in [-0.25, -0.2) is 0 Å². The zero-order chi connectivity index (χ0) is 12.3. The fraction of sp³-hybridized carbons (Fsp3) is 0.308. The molecule has 0 saturated heterocycles. The molecule has 0 bridgehead atoms. The Kier molecular flexibility index (Phi) is 3.85. The second-order valence-electron chi connectivity index (χ2n) is 3.67. The molecule has 0 spiro atoms. The lowest BCUT2D eigenvalue weighted by atomic mass is 9.97. The van der Waals surface area contributed by atoms with Crippen molar-refractivity contribution in [2.45, 2.75) is 26.9 Å². The van der Waals surface area contributed by atoms with Gasteiger partial charge in [0.05, 0.1) is 11.8 Å². The number of allylic oxidation sites excluding steroid dienone is 4. The van der Waals surface area contributed by atoms with Crippen LogP contribution in [0, 0.1) is 0 Å². The number of carbonyl (C=O) groups excluding carboxylic acids is 1. The lowest BCUT2D eigenvalue weighted by Crippen LogP contribution is -2.27. The highest BCUT2D eigenvalue weighted by atomic mass is 16.3. The summed E-state index contributed by atoms with van der Waals surface area (Å²) in [4.78, 5) is 12.7. The minimum Gasteiger partial charge on any atom is -0.387 e. The van der Waals surface area contributed by atoms with Gasteiger partial charge in [-0.2, -0.15) is 0 Å². The van der Waals surface area contributed by atoms with E-state index in [-0.39, 0.29) is 0 Å². The first kappa shape index (κ1) is 12.5. The van der Waals surface area contributed by atoms with Gasteiger partial charge in [-0.15, -0.1) is 0 Å². The summed E-state index contributed by atoms with van der Waals surface area (Å²) in [5, 5.41) is 9.76. The lowest BCUT2D eigenvalue weighted by Gasteiger charge is -2.32. The SMILES string of the molecule is C=CN1C(C(C)O)=C(C)C(C=O)=C/C1=C/C. The molecular weight excluding hydrogens is 202 g/mol. The number of aliphatic hydroxyl groups is 1. The average Bonchev–Trinajstić information content (AvgIpc) is 2.27. The molecule has 3 heteroatoms. The number of rotatable bonds is 3. The fourth-order valence-electron chi connectivity index (χ4n) is 1.87. The Morgan fingerprint density at radius 2 is 2.19 bits per heavy atom. The van der Waals surface area contributed by atoms with Crippen molar-refractivity contribution in [1.29, 1.82) is 0 Å². The van der Waals surface area contributed by atoms with E-state index in [1.54, 1.807) is 24.1 Å². The first-order valence-corrected chi connectivity index (χ1v) is 5.21. The van der Waals surface area contributed by atoms with Gasteiger partial charge < -0.3 is 10.0 Å². The topological polar surface area (TPSA) is 40.5 Å². The molecule has 0 amide bonds. The molecular formula is C13H17NO2. The normalized spacial score (nSPS) is 20.9. The molecule has 1 atom stereocenters. The Hall–Kier alpha value is -1.61. The monoisotopic (exact) mass is 219 g/mol. The number of aliphatic hydroxyl groups excluding tert-OH is 1. The van der Waals surface area contributed by atoms with E-state index in [4.69, 9.17) is 0 Å². The van der Waals surface area contributed by atoms with Gasteiger partial charge in [0, 0.05) is 17.5 Å². The molecule has 1 aliphatic rings. The van der Waals surface area contributed by atoms with Crippen LogP contribution >= 0.6 is 0 Å². The molecule has 1 N–H and O–H groups in total. The third-order valence-electron chi connectivity index (χ3n) is 2.66. The highest BCUT2D eigenvalue weighted by Crippen LogP contribution is 2.30. The molecule has 0 aromatic rings. The van der Waals surface area contributed by atoms with Crippen molar-refractivity contribution in [2.24, 2.45) is 0 Å². The molecule has 86 valence electrons. The number of nitrogens with zero attached hydrogens (tertiary/aromatic N) is 1. The molecule has 0 saturated carbocycles. The van der Waals surface area contributed by atoms with E-state index < -0.39 is 6.10 Å². The lowest BCUT2D eigenvalue weighted by molar-refractivity contribution is -0.104. The van der Waals surface area contributed by atoms with E-state index in [0.717, 1.165) is 17.6 Å². The Labute approximate surface area is 96.1 Å². The van der Waals surface area contributed by atoms with Crippen molar-refractivity contribution in [2.75, 3.05) is 0 Å². The van der Waals surface area contributed by atoms with Crippen molar-refractivity contribution in [3.8, 4) is 0 Å². The van der Waals surface area contributed by atoms with Gasteiger partial charge in [0.2, 0.25) is 0 Å². The maximum absolute atomic E-state index is 10.9.